The fourth-order valence-electron chi connectivity index (χ4n) is 2.04. The number of benzene rings is 2. The maximum absolute atomic E-state index is 11.8. The van der Waals surface area contributed by atoms with Gasteiger partial charge in [0.1, 0.15) is 12.4 Å². The summed E-state index contributed by atoms with van der Waals surface area (Å²) in [5.74, 6) is 0.131. The Bertz CT molecular complexity index is 757. The molecule has 130 valence electrons. The lowest BCUT2D eigenvalue weighted by molar-refractivity contribution is -0.115. The van der Waals surface area contributed by atoms with Crippen molar-refractivity contribution in [3.05, 3.63) is 72.0 Å². The van der Waals surface area contributed by atoms with Gasteiger partial charge in [0.2, 0.25) is 0 Å². The van der Waals surface area contributed by atoms with Crippen molar-refractivity contribution in [2.24, 2.45) is 0 Å². The molecule has 0 aliphatic rings. The zero-order valence-corrected chi connectivity index (χ0v) is 14.1. The Balaban J connectivity index is 1.91. The minimum atomic E-state index is -0.619. The molecule has 0 saturated heterocycles. The molecule has 3 amide bonds. The molecule has 0 fully saturated rings. The highest BCUT2D eigenvalue weighted by Gasteiger charge is 2.08. The number of carbonyl (C=O) groups is 2. The van der Waals surface area contributed by atoms with Crippen molar-refractivity contribution in [2.75, 3.05) is 12.4 Å². The van der Waals surface area contributed by atoms with Crippen LogP contribution in [0, 0.1) is 6.92 Å². The number of ether oxygens (including phenoxy) is 2. The van der Waals surface area contributed by atoms with E-state index in [1.54, 1.807) is 12.1 Å². The third-order valence-electron chi connectivity index (χ3n) is 3.29. The summed E-state index contributed by atoms with van der Waals surface area (Å²) >= 11 is 0. The zero-order valence-electron chi connectivity index (χ0n) is 14.1. The molecule has 0 atom stereocenters. The van der Waals surface area contributed by atoms with E-state index in [0.717, 1.165) is 17.2 Å². The molecule has 0 aliphatic carbocycles. The zero-order chi connectivity index (χ0) is 18.1. The Morgan fingerprint density at radius 3 is 2.56 bits per heavy atom. The molecule has 0 radical (unpaired) electrons. The maximum Gasteiger partial charge on any atom is 0.326 e. The molecule has 0 unspecified atom stereocenters. The molecule has 0 aromatic heterocycles. The van der Waals surface area contributed by atoms with Crippen LogP contribution in [-0.2, 0) is 16.1 Å². The first kappa shape index (κ1) is 18.1. The first-order valence-corrected chi connectivity index (χ1v) is 7.67. The van der Waals surface area contributed by atoms with E-state index in [2.05, 4.69) is 15.4 Å². The highest BCUT2D eigenvalue weighted by Crippen LogP contribution is 2.22. The molecule has 2 aromatic carbocycles. The lowest BCUT2D eigenvalue weighted by Gasteiger charge is -2.11. The predicted molar refractivity (Wildman–Crippen MR) is 95.3 cm³/mol. The number of anilines is 1. The second-order valence-corrected chi connectivity index (χ2v) is 5.23. The fraction of sp³-hybridized carbons (Fsp3) is 0.158. The van der Waals surface area contributed by atoms with Crippen LogP contribution in [-0.4, -0.2) is 19.0 Å². The van der Waals surface area contributed by atoms with E-state index < -0.39 is 11.9 Å². The van der Waals surface area contributed by atoms with Gasteiger partial charge in [0, 0.05) is 11.8 Å². The second kappa shape index (κ2) is 9.12. The number of imide groups is 1. The van der Waals surface area contributed by atoms with Gasteiger partial charge in [-0.2, -0.15) is 0 Å². The first-order chi connectivity index (χ1) is 12.1. The maximum atomic E-state index is 11.8. The number of hydrogen-bond acceptors (Lipinski definition) is 4. The number of amides is 3. The standard InChI is InChI=1S/C19H20N2O4/c1-14-12-16(25-13-15-6-4-3-5-7-15)8-9-17(14)20-19(23)21-18(22)10-11-24-2/h3-12H,13H2,1-2H3,(H2,20,21,22,23)/b11-10+. The van der Waals surface area contributed by atoms with Crippen LogP contribution < -0.4 is 15.4 Å². The number of rotatable bonds is 6. The van der Waals surface area contributed by atoms with Crippen molar-refractivity contribution in [1.29, 1.82) is 0 Å². The highest BCUT2D eigenvalue weighted by atomic mass is 16.5. The average molecular weight is 340 g/mol. The summed E-state index contributed by atoms with van der Waals surface area (Å²) in [4.78, 5) is 23.2. The van der Waals surface area contributed by atoms with Gasteiger partial charge in [0.15, 0.2) is 0 Å². The van der Waals surface area contributed by atoms with Crippen molar-refractivity contribution >= 4 is 17.6 Å². The van der Waals surface area contributed by atoms with Crippen molar-refractivity contribution in [2.45, 2.75) is 13.5 Å². The fourth-order valence-corrected chi connectivity index (χ4v) is 2.04. The van der Waals surface area contributed by atoms with Crippen LogP contribution in [0.2, 0.25) is 0 Å². The molecule has 2 rings (SSSR count). The summed E-state index contributed by atoms with van der Waals surface area (Å²) in [6, 6.07) is 14.5. The van der Waals surface area contributed by atoms with Gasteiger partial charge in [-0.3, -0.25) is 10.1 Å². The molecule has 0 aliphatic heterocycles. The predicted octanol–water partition coefficient (Wildman–Crippen LogP) is 3.38. The first-order valence-electron chi connectivity index (χ1n) is 7.67. The van der Waals surface area contributed by atoms with Crippen molar-refractivity contribution < 1.29 is 19.1 Å². The van der Waals surface area contributed by atoms with Crippen LogP contribution in [0.1, 0.15) is 11.1 Å². The quantitative estimate of drug-likeness (QED) is 0.624. The van der Waals surface area contributed by atoms with E-state index in [-0.39, 0.29) is 0 Å². The minimum Gasteiger partial charge on any atom is -0.504 e. The molecule has 6 heteroatoms. The van der Waals surface area contributed by atoms with E-state index >= 15 is 0 Å². The van der Waals surface area contributed by atoms with Gasteiger partial charge >= 0.3 is 6.03 Å². The van der Waals surface area contributed by atoms with Gasteiger partial charge in [0.25, 0.3) is 5.91 Å². The van der Waals surface area contributed by atoms with Crippen molar-refractivity contribution in [3.8, 4) is 5.75 Å². The van der Waals surface area contributed by atoms with Gasteiger partial charge in [-0.15, -0.1) is 0 Å². The second-order valence-electron chi connectivity index (χ2n) is 5.23. The SMILES string of the molecule is CO/C=C/C(=O)NC(=O)Nc1ccc(OCc2ccccc2)cc1C. The molecule has 25 heavy (non-hydrogen) atoms. The summed E-state index contributed by atoms with van der Waals surface area (Å²) in [7, 11) is 1.41. The van der Waals surface area contributed by atoms with Gasteiger partial charge < -0.3 is 14.8 Å². The van der Waals surface area contributed by atoms with Gasteiger partial charge in [-0.1, -0.05) is 30.3 Å². The van der Waals surface area contributed by atoms with Gasteiger partial charge in [-0.25, -0.2) is 4.79 Å². The smallest absolute Gasteiger partial charge is 0.326 e. The molecule has 0 saturated carbocycles. The topological polar surface area (TPSA) is 76.7 Å². The number of hydrogen-bond donors (Lipinski definition) is 2. The van der Waals surface area contributed by atoms with Gasteiger partial charge in [-0.05, 0) is 36.2 Å². The van der Waals surface area contributed by atoms with E-state index in [1.807, 2.05) is 43.3 Å². The normalized spacial score (nSPS) is 10.3. The lowest BCUT2D eigenvalue weighted by Crippen LogP contribution is -2.33. The van der Waals surface area contributed by atoms with Crippen LogP contribution in [0.3, 0.4) is 0 Å². The number of urea groups is 1. The Morgan fingerprint density at radius 2 is 1.88 bits per heavy atom. The highest BCUT2D eigenvalue weighted by molar-refractivity contribution is 6.05. The van der Waals surface area contributed by atoms with E-state index in [9.17, 15) is 9.59 Å². The third kappa shape index (κ3) is 6.02. The largest absolute Gasteiger partial charge is 0.504 e. The Labute approximate surface area is 146 Å². The summed E-state index contributed by atoms with van der Waals surface area (Å²) in [6.07, 6.45) is 2.31. The van der Waals surface area contributed by atoms with E-state index in [1.165, 1.54) is 13.4 Å². The molecule has 6 nitrogen and oxygen atoms in total. The monoisotopic (exact) mass is 340 g/mol. The number of nitrogens with one attached hydrogen (secondary N) is 2. The number of aryl methyl sites for hydroxylation is 1. The van der Waals surface area contributed by atoms with Crippen LogP contribution in [0.15, 0.2) is 60.9 Å². The van der Waals surface area contributed by atoms with Crippen LogP contribution in [0.4, 0.5) is 10.5 Å². The van der Waals surface area contributed by atoms with Crippen molar-refractivity contribution in [3.63, 3.8) is 0 Å². The van der Waals surface area contributed by atoms with Crippen LogP contribution in [0.25, 0.3) is 0 Å². The van der Waals surface area contributed by atoms with Crippen LogP contribution >= 0.6 is 0 Å². The Morgan fingerprint density at radius 1 is 1.12 bits per heavy atom. The number of methoxy groups -OCH3 is 1. The summed E-state index contributed by atoms with van der Waals surface area (Å²) in [5, 5.41) is 4.78. The molecule has 2 aromatic rings. The van der Waals surface area contributed by atoms with Crippen molar-refractivity contribution in [1.82, 2.24) is 5.32 Å². The summed E-state index contributed by atoms with van der Waals surface area (Å²) in [5.41, 5.74) is 2.48. The number of carbonyl (C=O) groups excluding carboxylic acids is 2. The lowest BCUT2D eigenvalue weighted by atomic mass is 10.2. The molecular weight excluding hydrogens is 320 g/mol. The van der Waals surface area contributed by atoms with Crippen LogP contribution in [0.5, 0.6) is 5.75 Å². The molecular formula is C19H20N2O4. The third-order valence-corrected chi connectivity index (χ3v) is 3.29. The summed E-state index contributed by atoms with van der Waals surface area (Å²) < 4.78 is 10.3. The molecule has 0 heterocycles. The van der Waals surface area contributed by atoms with Gasteiger partial charge in [0.05, 0.1) is 13.4 Å². The summed E-state index contributed by atoms with van der Waals surface area (Å²) in [6.45, 7) is 2.31. The molecule has 2 N–H and O–H groups in total. The van der Waals surface area contributed by atoms with E-state index in [4.69, 9.17) is 4.74 Å². The minimum absolute atomic E-state index is 0.466. The average Bonchev–Trinajstić information content (AvgIpc) is 2.61. The molecule has 0 bridgehead atoms. The Hall–Kier alpha value is -3.28. The Kier molecular flexibility index (Phi) is 6.59. The molecule has 0 spiro atoms. The van der Waals surface area contributed by atoms with E-state index in [0.29, 0.717) is 18.0 Å².